The molecule has 0 aliphatic carbocycles. The molecule has 6 nitrogen and oxygen atoms in total. The lowest BCUT2D eigenvalue weighted by molar-refractivity contribution is -0.193. The van der Waals surface area contributed by atoms with E-state index in [1.165, 1.54) is 0 Å². The van der Waals surface area contributed by atoms with Crippen molar-refractivity contribution < 1.29 is 14.3 Å². The van der Waals surface area contributed by atoms with Gasteiger partial charge in [0.25, 0.3) is 0 Å². The predicted molar refractivity (Wildman–Crippen MR) is 95.8 cm³/mol. The molecule has 1 spiro atoms. The van der Waals surface area contributed by atoms with Gasteiger partial charge in [-0.3, -0.25) is 4.79 Å². The van der Waals surface area contributed by atoms with Crippen molar-refractivity contribution in [2.75, 3.05) is 19.7 Å². The summed E-state index contributed by atoms with van der Waals surface area (Å²) in [6.45, 7) is 3.82. The quantitative estimate of drug-likeness (QED) is 0.843. The lowest BCUT2D eigenvalue weighted by Gasteiger charge is -2.52. The van der Waals surface area contributed by atoms with E-state index in [4.69, 9.17) is 9.47 Å². The van der Waals surface area contributed by atoms with Crippen molar-refractivity contribution in [3.63, 3.8) is 0 Å². The SMILES string of the molecule is Cc1ccnc(OC2CCOC3(C2)CN(C(=O)Cc2ccccc2)C3)n1. The summed E-state index contributed by atoms with van der Waals surface area (Å²) in [6.07, 6.45) is 3.75. The van der Waals surface area contributed by atoms with Gasteiger partial charge in [-0.05, 0) is 18.6 Å². The highest BCUT2D eigenvalue weighted by Crippen LogP contribution is 2.35. The van der Waals surface area contributed by atoms with Gasteiger partial charge in [-0.15, -0.1) is 0 Å². The Morgan fingerprint density at radius 3 is 2.88 bits per heavy atom. The Labute approximate surface area is 153 Å². The van der Waals surface area contributed by atoms with Crippen LogP contribution in [0, 0.1) is 6.92 Å². The summed E-state index contributed by atoms with van der Waals surface area (Å²) >= 11 is 0. The third-order valence-electron chi connectivity index (χ3n) is 5.00. The molecular formula is C20H23N3O3. The van der Waals surface area contributed by atoms with E-state index in [9.17, 15) is 4.79 Å². The molecule has 1 amide bonds. The summed E-state index contributed by atoms with van der Waals surface area (Å²) in [6, 6.07) is 12.1. The number of carbonyl (C=O) groups excluding carboxylic acids is 1. The van der Waals surface area contributed by atoms with Crippen LogP contribution in [0.25, 0.3) is 0 Å². The van der Waals surface area contributed by atoms with Gasteiger partial charge in [-0.1, -0.05) is 30.3 Å². The first kappa shape index (κ1) is 17.0. The molecule has 2 aromatic rings. The first-order valence-electron chi connectivity index (χ1n) is 9.04. The highest BCUT2D eigenvalue weighted by Gasteiger charge is 2.49. The third-order valence-corrected chi connectivity index (χ3v) is 5.00. The molecular weight excluding hydrogens is 330 g/mol. The van der Waals surface area contributed by atoms with Gasteiger partial charge in [0.05, 0.1) is 26.1 Å². The van der Waals surface area contributed by atoms with Crippen molar-refractivity contribution >= 4 is 5.91 Å². The van der Waals surface area contributed by atoms with Crippen LogP contribution < -0.4 is 4.74 Å². The first-order valence-corrected chi connectivity index (χ1v) is 9.04. The maximum Gasteiger partial charge on any atom is 0.316 e. The first-order chi connectivity index (χ1) is 12.6. The molecule has 2 aliphatic heterocycles. The second-order valence-corrected chi connectivity index (χ2v) is 7.16. The number of aryl methyl sites for hydroxylation is 1. The normalized spacial score (nSPS) is 21.3. The van der Waals surface area contributed by atoms with Crippen molar-refractivity contribution in [1.29, 1.82) is 0 Å². The van der Waals surface area contributed by atoms with Crippen LogP contribution in [0.4, 0.5) is 0 Å². The molecule has 6 heteroatoms. The van der Waals surface area contributed by atoms with Gasteiger partial charge in [-0.25, -0.2) is 9.97 Å². The summed E-state index contributed by atoms with van der Waals surface area (Å²) in [5.74, 6) is 0.149. The van der Waals surface area contributed by atoms with Crippen LogP contribution in [-0.4, -0.2) is 52.2 Å². The Hall–Kier alpha value is -2.47. The minimum Gasteiger partial charge on any atom is -0.460 e. The van der Waals surface area contributed by atoms with E-state index in [2.05, 4.69) is 9.97 Å². The van der Waals surface area contributed by atoms with Crippen LogP contribution in [0.3, 0.4) is 0 Å². The van der Waals surface area contributed by atoms with E-state index in [-0.39, 0.29) is 17.6 Å². The largest absolute Gasteiger partial charge is 0.460 e. The highest BCUT2D eigenvalue weighted by atomic mass is 16.5. The average Bonchev–Trinajstić information content (AvgIpc) is 2.60. The zero-order chi connectivity index (χ0) is 18.0. The molecule has 26 heavy (non-hydrogen) atoms. The van der Waals surface area contributed by atoms with Crippen LogP contribution in [0.5, 0.6) is 6.01 Å². The molecule has 3 heterocycles. The van der Waals surface area contributed by atoms with Crippen molar-refractivity contribution in [2.24, 2.45) is 0 Å². The second kappa shape index (κ2) is 7.03. The number of aromatic nitrogens is 2. The van der Waals surface area contributed by atoms with E-state index < -0.39 is 0 Å². The lowest BCUT2D eigenvalue weighted by atomic mass is 9.84. The van der Waals surface area contributed by atoms with Crippen LogP contribution in [-0.2, 0) is 16.0 Å². The Bertz CT molecular complexity index is 775. The predicted octanol–water partition coefficient (Wildman–Crippen LogP) is 2.17. The average molecular weight is 353 g/mol. The van der Waals surface area contributed by atoms with E-state index in [1.54, 1.807) is 6.20 Å². The van der Waals surface area contributed by atoms with Crippen LogP contribution in [0.1, 0.15) is 24.1 Å². The number of ether oxygens (including phenoxy) is 2. The van der Waals surface area contributed by atoms with Gasteiger partial charge in [0.1, 0.15) is 11.7 Å². The van der Waals surface area contributed by atoms with E-state index in [0.717, 1.165) is 24.1 Å². The maximum atomic E-state index is 12.4. The third kappa shape index (κ3) is 3.70. The highest BCUT2D eigenvalue weighted by molar-refractivity contribution is 5.79. The number of carbonyl (C=O) groups is 1. The van der Waals surface area contributed by atoms with Crippen molar-refractivity contribution in [1.82, 2.24) is 14.9 Å². The zero-order valence-electron chi connectivity index (χ0n) is 14.9. The molecule has 2 fully saturated rings. The number of rotatable bonds is 4. The fraction of sp³-hybridized carbons (Fsp3) is 0.450. The number of hydrogen-bond acceptors (Lipinski definition) is 5. The Morgan fingerprint density at radius 1 is 1.31 bits per heavy atom. The number of amides is 1. The summed E-state index contributed by atoms with van der Waals surface area (Å²) in [5.41, 5.74) is 1.65. The standard InChI is InChI=1S/C20H23N3O3/c1-15-7-9-21-19(22-15)26-17-8-10-25-20(12-17)13-23(14-20)18(24)11-16-5-3-2-4-6-16/h2-7,9,17H,8,10-14H2,1H3. The van der Waals surface area contributed by atoms with Gasteiger partial charge in [0.2, 0.25) is 5.91 Å². The van der Waals surface area contributed by atoms with Crippen molar-refractivity contribution in [3.05, 3.63) is 53.9 Å². The van der Waals surface area contributed by atoms with Crippen LogP contribution in [0.15, 0.2) is 42.6 Å². The molecule has 136 valence electrons. The number of likely N-dealkylation sites (tertiary alicyclic amines) is 1. The smallest absolute Gasteiger partial charge is 0.316 e. The molecule has 1 aromatic heterocycles. The molecule has 0 saturated carbocycles. The van der Waals surface area contributed by atoms with Crippen molar-refractivity contribution in [3.8, 4) is 6.01 Å². The maximum absolute atomic E-state index is 12.4. The van der Waals surface area contributed by atoms with Crippen LogP contribution >= 0.6 is 0 Å². The Balaban J connectivity index is 1.32. The summed E-state index contributed by atoms with van der Waals surface area (Å²) in [7, 11) is 0. The summed E-state index contributed by atoms with van der Waals surface area (Å²) < 4.78 is 12.0. The van der Waals surface area contributed by atoms with Gasteiger partial charge in [0, 0.05) is 24.7 Å². The second-order valence-electron chi connectivity index (χ2n) is 7.16. The van der Waals surface area contributed by atoms with Gasteiger partial charge in [0.15, 0.2) is 0 Å². The number of benzene rings is 1. The van der Waals surface area contributed by atoms with Gasteiger partial charge in [-0.2, -0.15) is 0 Å². The van der Waals surface area contributed by atoms with E-state index >= 15 is 0 Å². The molecule has 2 saturated heterocycles. The minimum atomic E-state index is -0.279. The van der Waals surface area contributed by atoms with Gasteiger partial charge >= 0.3 is 6.01 Å². The molecule has 0 N–H and O–H groups in total. The number of hydrogen-bond donors (Lipinski definition) is 0. The molecule has 2 aliphatic rings. The van der Waals surface area contributed by atoms with Crippen molar-refractivity contribution in [2.45, 2.75) is 37.9 Å². The molecule has 0 radical (unpaired) electrons. The molecule has 0 bridgehead atoms. The Morgan fingerprint density at radius 2 is 2.12 bits per heavy atom. The fourth-order valence-electron chi connectivity index (χ4n) is 3.64. The fourth-order valence-corrected chi connectivity index (χ4v) is 3.64. The van der Waals surface area contributed by atoms with E-state index in [1.807, 2.05) is 48.2 Å². The van der Waals surface area contributed by atoms with Gasteiger partial charge < -0.3 is 14.4 Å². The number of nitrogens with zero attached hydrogens (tertiary/aromatic N) is 3. The molecule has 1 atom stereocenters. The lowest BCUT2D eigenvalue weighted by Crippen LogP contribution is -2.67. The molecule has 1 unspecified atom stereocenters. The zero-order valence-corrected chi connectivity index (χ0v) is 14.9. The van der Waals surface area contributed by atoms with E-state index in [0.29, 0.717) is 32.1 Å². The molecule has 4 rings (SSSR count). The minimum absolute atomic E-state index is 0.0249. The molecule has 1 aromatic carbocycles. The summed E-state index contributed by atoms with van der Waals surface area (Å²) in [4.78, 5) is 22.8. The van der Waals surface area contributed by atoms with Crippen LogP contribution in [0.2, 0.25) is 0 Å². The Kier molecular flexibility index (Phi) is 4.59. The monoisotopic (exact) mass is 353 g/mol. The topological polar surface area (TPSA) is 64.6 Å². The summed E-state index contributed by atoms with van der Waals surface area (Å²) in [5, 5.41) is 0.